The lowest BCUT2D eigenvalue weighted by Gasteiger charge is -2.08. The van der Waals surface area contributed by atoms with Crippen molar-refractivity contribution in [3.05, 3.63) is 33.8 Å². The minimum absolute atomic E-state index is 0.137. The third kappa shape index (κ3) is 2.76. The molecule has 0 aliphatic rings. The van der Waals surface area contributed by atoms with Crippen LogP contribution in [0.25, 0.3) is 0 Å². The fraction of sp³-hybridized carbons (Fsp3) is 0.300. The van der Waals surface area contributed by atoms with Crippen molar-refractivity contribution in [3.63, 3.8) is 0 Å². The molecule has 100 valence electrons. The van der Waals surface area contributed by atoms with Crippen LogP contribution in [0, 0.1) is 17.0 Å². The molecule has 2 aromatic rings. The normalized spacial score (nSPS) is 10.2. The molecule has 0 spiro atoms. The maximum atomic E-state index is 11.0. The first kappa shape index (κ1) is 12.7. The molecule has 0 bridgehead atoms. The van der Waals surface area contributed by atoms with Gasteiger partial charge >= 0.3 is 5.69 Å². The molecule has 0 fully saturated rings. The summed E-state index contributed by atoms with van der Waals surface area (Å²) < 4.78 is 4.90. The standard InChI is InChI=1S/C10H12N6O3/c1-6-8(16(17)18)9(15-10(11-2)14-6)12-5-7-3-4-13-19-7/h3-4H,5H2,1-2H3,(H2,11,12,14,15). The molecule has 0 atom stereocenters. The number of anilines is 2. The van der Waals surface area contributed by atoms with Crippen molar-refractivity contribution < 1.29 is 9.45 Å². The Morgan fingerprint density at radius 3 is 2.84 bits per heavy atom. The summed E-state index contributed by atoms with van der Waals surface area (Å²) in [6.07, 6.45) is 1.50. The molecule has 0 saturated carbocycles. The van der Waals surface area contributed by atoms with E-state index in [1.54, 1.807) is 20.0 Å². The number of nitrogens with one attached hydrogen (secondary N) is 2. The van der Waals surface area contributed by atoms with Gasteiger partial charge in [0, 0.05) is 13.1 Å². The average Bonchev–Trinajstić information content (AvgIpc) is 2.88. The molecule has 0 saturated heterocycles. The molecular formula is C10H12N6O3. The SMILES string of the molecule is CNc1nc(C)c([N+](=O)[O-])c(NCc2ccno2)n1. The lowest BCUT2D eigenvalue weighted by Crippen LogP contribution is -2.09. The molecule has 2 rings (SSSR count). The van der Waals surface area contributed by atoms with Crippen molar-refractivity contribution in [1.29, 1.82) is 0 Å². The molecule has 0 aromatic carbocycles. The van der Waals surface area contributed by atoms with Gasteiger partial charge in [0.25, 0.3) is 0 Å². The van der Waals surface area contributed by atoms with Crippen LogP contribution in [0.5, 0.6) is 0 Å². The highest BCUT2D eigenvalue weighted by atomic mass is 16.6. The van der Waals surface area contributed by atoms with Crippen molar-refractivity contribution in [3.8, 4) is 0 Å². The summed E-state index contributed by atoms with van der Waals surface area (Å²) in [6.45, 7) is 1.81. The van der Waals surface area contributed by atoms with Gasteiger partial charge in [-0.1, -0.05) is 5.16 Å². The van der Waals surface area contributed by atoms with Gasteiger partial charge in [-0.3, -0.25) is 10.1 Å². The Kier molecular flexibility index (Phi) is 3.55. The van der Waals surface area contributed by atoms with E-state index in [9.17, 15) is 10.1 Å². The number of aryl methyl sites for hydroxylation is 1. The predicted molar refractivity (Wildman–Crippen MR) is 66.8 cm³/mol. The first-order chi connectivity index (χ1) is 9.11. The van der Waals surface area contributed by atoms with E-state index in [4.69, 9.17) is 4.52 Å². The number of aromatic nitrogens is 3. The maximum absolute atomic E-state index is 11.0. The van der Waals surface area contributed by atoms with Gasteiger partial charge in [0.1, 0.15) is 5.69 Å². The van der Waals surface area contributed by atoms with Gasteiger partial charge in [-0.15, -0.1) is 0 Å². The Morgan fingerprint density at radius 2 is 2.26 bits per heavy atom. The maximum Gasteiger partial charge on any atom is 0.332 e. The summed E-state index contributed by atoms with van der Waals surface area (Å²) >= 11 is 0. The van der Waals surface area contributed by atoms with E-state index in [0.717, 1.165) is 0 Å². The van der Waals surface area contributed by atoms with Crippen LogP contribution in [-0.2, 0) is 6.54 Å². The van der Waals surface area contributed by atoms with Crippen molar-refractivity contribution in [2.45, 2.75) is 13.5 Å². The van der Waals surface area contributed by atoms with Crippen molar-refractivity contribution >= 4 is 17.5 Å². The summed E-state index contributed by atoms with van der Waals surface area (Å²) in [5.74, 6) is 0.998. The van der Waals surface area contributed by atoms with Gasteiger partial charge in [-0.2, -0.15) is 4.98 Å². The zero-order chi connectivity index (χ0) is 13.8. The third-order valence-electron chi connectivity index (χ3n) is 2.39. The molecule has 2 heterocycles. The van der Waals surface area contributed by atoms with Crippen LogP contribution in [0.1, 0.15) is 11.5 Å². The van der Waals surface area contributed by atoms with E-state index in [2.05, 4.69) is 25.8 Å². The molecular weight excluding hydrogens is 252 g/mol. The van der Waals surface area contributed by atoms with Crippen LogP contribution in [0.15, 0.2) is 16.8 Å². The number of rotatable bonds is 5. The van der Waals surface area contributed by atoms with E-state index in [-0.39, 0.29) is 23.7 Å². The van der Waals surface area contributed by atoms with Gasteiger partial charge < -0.3 is 15.2 Å². The molecule has 0 radical (unpaired) electrons. The second-order valence-corrected chi connectivity index (χ2v) is 3.67. The Labute approximate surface area is 108 Å². The van der Waals surface area contributed by atoms with Gasteiger partial charge in [0.05, 0.1) is 17.7 Å². The number of nitrogens with zero attached hydrogens (tertiary/aromatic N) is 4. The van der Waals surface area contributed by atoms with E-state index in [1.807, 2.05) is 0 Å². The van der Waals surface area contributed by atoms with E-state index in [1.165, 1.54) is 6.20 Å². The van der Waals surface area contributed by atoms with E-state index in [0.29, 0.717) is 11.7 Å². The number of hydrogen-bond acceptors (Lipinski definition) is 8. The first-order valence-corrected chi connectivity index (χ1v) is 5.46. The summed E-state index contributed by atoms with van der Waals surface area (Å²) in [5.41, 5.74) is 0.128. The van der Waals surface area contributed by atoms with Crippen LogP contribution in [0.2, 0.25) is 0 Å². The van der Waals surface area contributed by atoms with Crippen LogP contribution < -0.4 is 10.6 Å². The van der Waals surface area contributed by atoms with E-state index >= 15 is 0 Å². The number of hydrogen-bond donors (Lipinski definition) is 2. The highest BCUT2D eigenvalue weighted by Gasteiger charge is 2.21. The Hall–Kier alpha value is -2.71. The predicted octanol–water partition coefficient (Wildman–Crippen LogP) is 1.34. The van der Waals surface area contributed by atoms with Gasteiger partial charge in [0.15, 0.2) is 5.76 Å². The van der Waals surface area contributed by atoms with E-state index < -0.39 is 4.92 Å². The molecule has 0 unspecified atom stereocenters. The van der Waals surface area contributed by atoms with Crippen LogP contribution in [0.3, 0.4) is 0 Å². The van der Waals surface area contributed by atoms with Crippen molar-refractivity contribution in [1.82, 2.24) is 15.1 Å². The zero-order valence-electron chi connectivity index (χ0n) is 10.4. The Balaban J connectivity index is 2.30. The molecule has 0 aliphatic carbocycles. The monoisotopic (exact) mass is 264 g/mol. The summed E-state index contributed by atoms with van der Waals surface area (Å²) in [6, 6.07) is 1.66. The average molecular weight is 264 g/mol. The molecule has 19 heavy (non-hydrogen) atoms. The third-order valence-corrected chi connectivity index (χ3v) is 2.39. The Bertz CT molecular complexity index is 583. The minimum Gasteiger partial charge on any atom is -0.360 e. The quantitative estimate of drug-likeness (QED) is 0.613. The summed E-state index contributed by atoms with van der Waals surface area (Å²) in [7, 11) is 1.64. The van der Waals surface area contributed by atoms with Crippen molar-refractivity contribution in [2.75, 3.05) is 17.7 Å². The molecule has 9 nitrogen and oxygen atoms in total. The molecule has 9 heteroatoms. The molecule has 0 amide bonds. The second kappa shape index (κ2) is 5.29. The van der Waals surface area contributed by atoms with Crippen LogP contribution in [0.4, 0.5) is 17.5 Å². The van der Waals surface area contributed by atoms with Gasteiger partial charge in [-0.25, -0.2) is 4.98 Å². The highest BCUT2D eigenvalue weighted by molar-refractivity contribution is 5.60. The van der Waals surface area contributed by atoms with Crippen LogP contribution in [-0.4, -0.2) is 27.1 Å². The van der Waals surface area contributed by atoms with Crippen molar-refractivity contribution in [2.24, 2.45) is 0 Å². The second-order valence-electron chi connectivity index (χ2n) is 3.67. The Morgan fingerprint density at radius 1 is 1.47 bits per heavy atom. The van der Waals surface area contributed by atoms with Gasteiger partial charge in [-0.05, 0) is 6.92 Å². The summed E-state index contributed by atoms with van der Waals surface area (Å²) in [5, 5.41) is 20.2. The fourth-order valence-electron chi connectivity index (χ4n) is 1.52. The first-order valence-electron chi connectivity index (χ1n) is 5.46. The molecule has 2 aromatic heterocycles. The fourth-order valence-corrected chi connectivity index (χ4v) is 1.52. The lowest BCUT2D eigenvalue weighted by molar-refractivity contribution is -0.385. The minimum atomic E-state index is -0.516. The highest BCUT2D eigenvalue weighted by Crippen LogP contribution is 2.26. The molecule has 2 N–H and O–H groups in total. The lowest BCUT2D eigenvalue weighted by atomic mass is 10.3. The number of nitro groups is 1. The largest absolute Gasteiger partial charge is 0.360 e. The molecule has 0 aliphatic heterocycles. The smallest absolute Gasteiger partial charge is 0.332 e. The van der Waals surface area contributed by atoms with Gasteiger partial charge in [0.2, 0.25) is 11.8 Å². The van der Waals surface area contributed by atoms with Crippen LogP contribution >= 0.6 is 0 Å². The summed E-state index contributed by atoms with van der Waals surface area (Å²) in [4.78, 5) is 18.5. The zero-order valence-corrected chi connectivity index (χ0v) is 10.4. The topological polar surface area (TPSA) is 119 Å².